The zero-order valence-corrected chi connectivity index (χ0v) is 9.14. The van der Waals surface area contributed by atoms with Crippen molar-refractivity contribution in [2.45, 2.75) is 5.92 Å². The Balaban J connectivity index is 2.26. The molecule has 0 aromatic heterocycles. The van der Waals surface area contributed by atoms with Crippen LogP contribution in [0.2, 0.25) is 0 Å². The number of benzene rings is 1. The van der Waals surface area contributed by atoms with Crippen LogP contribution in [0.25, 0.3) is 0 Å². The largest absolute Gasteiger partial charge is 0.364 e. The summed E-state index contributed by atoms with van der Waals surface area (Å²) in [6.07, 6.45) is 10.0. The monoisotopic (exact) mass is 212 g/mol. The van der Waals surface area contributed by atoms with Gasteiger partial charge in [-0.3, -0.25) is 0 Å². The average molecular weight is 212 g/mol. The van der Waals surface area contributed by atoms with Crippen LogP contribution in [0.15, 0.2) is 66.5 Å². The van der Waals surface area contributed by atoms with Crippen LogP contribution in [0, 0.1) is 0 Å². The van der Waals surface area contributed by atoms with Gasteiger partial charge in [-0.2, -0.15) is 0 Å². The standard InChI is InChI=1S/C14H16N2/c15-11-13(12-7-3-1-4-8-12)14-9-5-2-6-10-16-14/h1-10,13,16H,11,15H2. The Morgan fingerprint density at radius 3 is 2.62 bits per heavy atom. The normalized spacial score (nSPS) is 16.2. The molecule has 1 aromatic rings. The van der Waals surface area contributed by atoms with E-state index in [9.17, 15) is 0 Å². The Morgan fingerprint density at radius 1 is 1.06 bits per heavy atom. The molecule has 1 aromatic carbocycles. The van der Waals surface area contributed by atoms with Gasteiger partial charge in [-0.05, 0) is 17.7 Å². The van der Waals surface area contributed by atoms with Crippen molar-refractivity contribution in [3.05, 3.63) is 72.1 Å². The van der Waals surface area contributed by atoms with E-state index < -0.39 is 0 Å². The van der Waals surface area contributed by atoms with Crippen molar-refractivity contribution in [3.63, 3.8) is 0 Å². The van der Waals surface area contributed by atoms with E-state index >= 15 is 0 Å². The molecule has 3 N–H and O–H groups in total. The van der Waals surface area contributed by atoms with E-state index in [1.165, 1.54) is 5.56 Å². The molecule has 0 aliphatic carbocycles. The van der Waals surface area contributed by atoms with Gasteiger partial charge >= 0.3 is 0 Å². The highest BCUT2D eigenvalue weighted by atomic mass is 14.9. The van der Waals surface area contributed by atoms with Crippen molar-refractivity contribution < 1.29 is 0 Å². The van der Waals surface area contributed by atoms with Gasteiger partial charge in [0.25, 0.3) is 0 Å². The molecule has 0 spiro atoms. The summed E-state index contributed by atoms with van der Waals surface area (Å²) in [7, 11) is 0. The van der Waals surface area contributed by atoms with Gasteiger partial charge in [0.1, 0.15) is 0 Å². The SMILES string of the molecule is NCC(C1=CC=CC=CN1)c1ccccc1. The van der Waals surface area contributed by atoms with Crippen LogP contribution in [0.5, 0.6) is 0 Å². The number of rotatable bonds is 3. The smallest absolute Gasteiger partial charge is 0.0363 e. The average Bonchev–Trinajstić information content (AvgIpc) is 2.61. The summed E-state index contributed by atoms with van der Waals surface area (Å²) < 4.78 is 0. The molecule has 0 saturated heterocycles. The molecule has 0 amide bonds. The van der Waals surface area contributed by atoms with E-state index in [0.29, 0.717) is 6.54 Å². The lowest BCUT2D eigenvalue weighted by Gasteiger charge is -2.18. The van der Waals surface area contributed by atoms with Crippen LogP contribution in [0.3, 0.4) is 0 Å². The van der Waals surface area contributed by atoms with Crippen molar-refractivity contribution in [2.75, 3.05) is 6.54 Å². The first-order chi connectivity index (χ1) is 7.92. The van der Waals surface area contributed by atoms with Crippen LogP contribution in [-0.2, 0) is 0 Å². The molecule has 82 valence electrons. The first-order valence-corrected chi connectivity index (χ1v) is 5.47. The second kappa shape index (κ2) is 5.33. The molecule has 16 heavy (non-hydrogen) atoms. The molecule has 1 atom stereocenters. The maximum Gasteiger partial charge on any atom is 0.0363 e. The molecule has 1 aliphatic heterocycles. The molecule has 0 fully saturated rings. The third kappa shape index (κ3) is 2.41. The predicted molar refractivity (Wildman–Crippen MR) is 67.7 cm³/mol. The van der Waals surface area contributed by atoms with Gasteiger partial charge in [-0.15, -0.1) is 0 Å². The van der Waals surface area contributed by atoms with Crippen LogP contribution >= 0.6 is 0 Å². The van der Waals surface area contributed by atoms with Crippen molar-refractivity contribution in [2.24, 2.45) is 5.73 Å². The van der Waals surface area contributed by atoms with Crippen molar-refractivity contribution in [3.8, 4) is 0 Å². The van der Waals surface area contributed by atoms with E-state index in [2.05, 4.69) is 23.5 Å². The number of hydrogen-bond donors (Lipinski definition) is 2. The van der Waals surface area contributed by atoms with Gasteiger partial charge in [0.05, 0.1) is 0 Å². The molecule has 1 aliphatic rings. The lowest BCUT2D eigenvalue weighted by atomic mass is 9.95. The molecule has 1 heterocycles. The second-order valence-corrected chi connectivity index (χ2v) is 3.71. The third-order valence-electron chi connectivity index (χ3n) is 2.66. The lowest BCUT2D eigenvalue weighted by molar-refractivity contribution is 0.750. The molecule has 0 saturated carbocycles. The topological polar surface area (TPSA) is 38.0 Å². The zero-order valence-electron chi connectivity index (χ0n) is 9.14. The highest BCUT2D eigenvalue weighted by Gasteiger charge is 2.13. The van der Waals surface area contributed by atoms with Crippen LogP contribution in [0.1, 0.15) is 11.5 Å². The van der Waals surface area contributed by atoms with Crippen molar-refractivity contribution in [1.29, 1.82) is 0 Å². The Bertz CT molecular complexity index is 416. The van der Waals surface area contributed by atoms with E-state index in [1.54, 1.807) is 0 Å². The maximum atomic E-state index is 5.86. The number of allylic oxidation sites excluding steroid dienone is 4. The molecular weight excluding hydrogens is 196 g/mol. The molecular formula is C14H16N2. The second-order valence-electron chi connectivity index (χ2n) is 3.71. The first kappa shape index (κ1) is 10.7. The molecule has 0 radical (unpaired) electrons. The minimum atomic E-state index is 0.230. The zero-order chi connectivity index (χ0) is 11.2. The van der Waals surface area contributed by atoms with Crippen molar-refractivity contribution >= 4 is 0 Å². The number of nitrogens with two attached hydrogens (primary N) is 1. The fraction of sp³-hybridized carbons (Fsp3) is 0.143. The Labute approximate surface area is 96.2 Å². The Morgan fingerprint density at radius 2 is 1.88 bits per heavy atom. The minimum Gasteiger partial charge on any atom is -0.364 e. The van der Waals surface area contributed by atoms with Crippen molar-refractivity contribution in [1.82, 2.24) is 5.32 Å². The van der Waals surface area contributed by atoms with E-state index in [1.807, 2.05) is 42.6 Å². The summed E-state index contributed by atoms with van der Waals surface area (Å²) in [5, 5.41) is 3.27. The third-order valence-corrected chi connectivity index (χ3v) is 2.66. The quantitative estimate of drug-likeness (QED) is 0.806. The Kier molecular flexibility index (Phi) is 3.57. The molecule has 1 unspecified atom stereocenters. The highest BCUT2D eigenvalue weighted by molar-refractivity contribution is 5.33. The summed E-state index contributed by atoms with van der Waals surface area (Å²) in [6, 6.07) is 10.3. The van der Waals surface area contributed by atoms with Gasteiger partial charge < -0.3 is 11.1 Å². The maximum absolute atomic E-state index is 5.86. The minimum absolute atomic E-state index is 0.230. The summed E-state index contributed by atoms with van der Waals surface area (Å²) in [4.78, 5) is 0. The molecule has 2 nitrogen and oxygen atoms in total. The number of nitrogens with one attached hydrogen (secondary N) is 1. The van der Waals surface area contributed by atoms with Crippen LogP contribution in [-0.4, -0.2) is 6.54 Å². The van der Waals surface area contributed by atoms with Gasteiger partial charge in [0.15, 0.2) is 0 Å². The summed E-state index contributed by atoms with van der Waals surface area (Å²) in [5.74, 6) is 0.230. The highest BCUT2D eigenvalue weighted by Crippen LogP contribution is 2.21. The van der Waals surface area contributed by atoms with E-state index in [-0.39, 0.29) is 5.92 Å². The fourth-order valence-electron chi connectivity index (χ4n) is 1.82. The predicted octanol–water partition coefficient (Wildman–Crippen LogP) is 2.29. The van der Waals surface area contributed by atoms with Gasteiger partial charge in [-0.25, -0.2) is 0 Å². The van der Waals surface area contributed by atoms with Gasteiger partial charge in [-0.1, -0.05) is 42.5 Å². The van der Waals surface area contributed by atoms with Crippen LogP contribution in [0.4, 0.5) is 0 Å². The Hall–Kier alpha value is -1.80. The first-order valence-electron chi connectivity index (χ1n) is 5.47. The summed E-state index contributed by atoms with van der Waals surface area (Å²) in [6.45, 7) is 0.602. The van der Waals surface area contributed by atoms with Gasteiger partial charge in [0.2, 0.25) is 0 Å². The lowest BCUT2D eigenvalue weighted by Crippen LogP contribution is -2.21. The van der Waals surface area contributed by atoms with Gasteiger partial charge in [0, 0.05) is 24.4 Å². The molecule has 0 bridgehead atoms. The molecule has 2 heteroatoms. The summed E-state index contributed by atoms with van der Waals surface area (Å²) >= 11 is 0. The fourth-order valence-corrected chi connectivity index (χ4v) is 1.82. The van der Waals surface area contributed by atoms with E-state index in [4.69, 9.17) is 5.73 Å². The van der Waals surface area contributed by atoms with E-state index in [0.717, 1.165) is 5.70 Å². The van der Waals surface area contributed by atoms with Crippen LogP contribution < -0.4 is 11.1 Å². The number of hydrogen-bond acceptors (Lipinski definition) is 2. The molecule has 2 rings (SSSR count). The summed E-state index contributed by atoms with van der Waals surface area (Å²) in [5.41, 5.74) is 8.24.